The number of hydrogen-bond acceptors (Lipinski definition) is 4. The molecule has 0 radical (unpaired) electrons. The van der Waals surface area contributed by atoms with Crippen LogP contribution in [0.1, 0.15) is 116 Å². The van der Waals surface area contributed by atoms with Gasteiger partial charge in [-0.25, -0.2) is 0 Å². The molecule has 0 aromatic rings. The van der Waals surface area contributed by atoms with Gasteiger partial charge in [-0.05, 0) is 45.2 Å². The zero-order chi connectivity index (χ0) is 20.7. The number of unbranched alkanes of at least 4 members (excludes halogenated alkanes) is 13. The maximum Gasteiger partial charge on any atom is 0.0667 e. The summed E-state index contributed by atoms with van der Waals surface area (Å²) in [6, 6.07) is 0. The molecule has 0 aromatic carbocycles. The summed E-state index contributed by atoms with van der Waals surface area (Å²) >= 11 is 0. The van der Waals surface area contributed by atoms with Crippen LogP contribution in [0.2, 0.25) is 0 Å². The van der Waals surface area contributed by atoms with Gasteiger partial charge >= 0.3 is 0 Å². The molecule has 0 aliphatic heterocycles. The van der Waals surface area contributed by atoms with E-state index in [1.54, 1.807) is 0 Å². The molecule has 0 fully saturated rings. The van der Waals surface area contributed by atoms with Gasteiger partial charge in [0, 0.05) is 19.8 Å². The molecule has 4 nitrogen and oxygen atoms in total. The normalized spacial score (nSPS) is 12.8. The zero-order valence-electron chi connectivity index (χ0n) is 18.9. The fourth-order valence-corrected chi connectivity index (χ4v) is 3.80. The van der Waals surface area contributed by atoms with E-state index >= 15 is 0 Å². The van der Waals surface area contributed by atoms with E-state index in [-0.39, 0.29) is 19.3 Å². The Balaban J connectivity index is 3.58. The van der Waals surface area contributed by atoms with Gasteiger partial charge in [-0.15, -0.1) is 0 Å². The Morgan fingerprint density at radius 2 is 1.00 bits per heavy atom. The average Bonchev–Trinajstić information content (AvgIpc) is 2.69. The van der Waals surface area contributed by atoms with E-state index in [9.17, 15) is 5.11 Å². The van der Waals surface area contributed by atoms with E-state index in [0.717, 1.165) is 58.2 Å². The third-order valence-electron chi connectivity index (χ3n) is 5.62. The number of hydrogen-bond donors (Lipinski definition) is 3. The van der Waals surface area contributed by atoms with Gasteiger partial charge < -0.3 is 20.2 Å². The Bertz CT molecular complexity index is 279. The summed E-state index contributed by atoms with van der Waals surface area (Å²) < 4.78 is 0. The lowest BCUT2D eigenvalue weighted by atomic mass is 10.0. The molecule has 0 saturated carbocycles. The summed E-state index contributed by atoms with van der Waals surface area (Å²) in [5, 5.41) is 28.3. The van der Waals surface area contributed by atoms with Crippen LogP contribution in [0.3, 0.4) is 0 Å². The van der Waals surface area contributed by atoms with Crippen molar-refractivity contribution in [1.29, 1.82) is 0 Å². The highest BCUT2D eigenvalue weighted by Crippen LogP contribution is 2.13. The van der Waals surface area contributed by atoms with E-state index in [2.05, 4.69) is 11.8 Å². The molecule has 1 unspecified atom stereocenters. The van der Waals surface area contributed by atoms with Gasteiger partial charge in [0.15, 0.2) is 0 Å². The molecule has 0 aliphatic rings. The Hall–Kier alpha value is -0.160. The third kappa shape index (κ3) is 20.6. The summed E-state index contributed by atoms with van der Waals surface area (Å²) in [4.78, 5) is 2.30. The van der Waals surface area contributed by atoms with Crippen molar-refractivity contribution in [2.75, 3.05) is 32.8 Å². The summed E-state index contributed by atoms with van der Waals surface area (Å²) in [5.74, 6) is 0. The van der Waals surface area contributed by atoms with E-state index < -0.39 is 0 Å². The first-order valence-corrected chi connectivity index (χ1v) is 12.4. The van der Waals surface area contributed by atoms with E-state index in [4.69, 9.17) is 10.2 Å². The van der Waals surface area contributed by atoms with E-state index in [0.29, 0.717) is 0 Å². The van der Waals surface area contributed by atoms with Gasteiger partial charge in [-0.1, -0.05) is 84.0 Å². The van der Waals surface area contributed by atoms with Crippen molar-refractivity contribution in [3.8, 4) is 0 Å². The maximum atomic E-state index is 10.4. The molecule has 0 bridgehead atoms. The van der Waals surface area contributed by atoms with E-state index in [1.807, 2.05) is 0 Å². The summed E-state index contributed by atoms with van der Waals surface area (Å²) in [5.41, 5.74) is 0. The topological polar surface area (TPSA) is 63.9 Å². The lowest BCUT2D eigenvalue weighted by Gasteiger charge is -2.25. The maximum absolute atomic E-state index is 10.4. The monoisotopic (exact) mass is 401 g/mol. The first-order chi connectivity index (χ1) is 13.7. The van der Waals surface area contributed by atoms with Crippen molar-refractivity contribution < 1.29 is 15.3 Å². The van der Waals surface area contributed by atoms with Crippen LogP contribution in [0.4, 0.5) is 0 Å². The highest BCUT2D eigenvalue weighted by atomic mass is 16.3. The smallest absolute Gasteiger partial charge is 0.0667 e. The molecule has 170 valence electrons. The Labute approximate surface area is 175 Å². The van der Waals surface area contributed by atoms with Gasteiger partial charge in [-0.3, -0.25) is 0 Å². The summed E-state index contributed by atoms with van der Waals surface area (Å²) in [7, 11) is 0. The second-order valence-corrected chi connectivity index (χ2v) is 8.49. The first-order valence-electron chi connectivity index (χ1n) is 12.4. The molecule has 28 heavy (non-hydrogen) atoms. The number of aliphatic hydroxyl groups is 3. The SMILES string of the molecule is CCCCCCCCCCCCCCC(O)CN(CCCCO)CCCCO. The second kappa shape index (κ2) is 23.1. The molecule has 1 atom stereocenters. The molecule has 0 aliphatic carbocycles. The van der Waals surface area contributed by atoms with Crippen molar-refractivity contribution >= 4 is 0 Å². The zero-order valence-corrected chi connectivity index (χ0v) is 18.9. The highest BCUT2D eigenvalue weighted by molar-refractivity contribution is 4.66. The Morgan fingerprint density at radius 3 is 1.43 bits per heavy atom. The van der Waals surface area contributed by atoms with Crippen LogP contribution in [-0.2, 0) is 0 Å². The van der Waals surface area contributed by atoms with Crippen LogP contribution in [-0.4, -0.2) is 59.2 Å². The third-order valence-corrected chi connectivity index (χ3v) is 5.62. The Kier molecular flexibility index (Phi) is 23.0. The van der Waals surface area contributed by atoms with E-state index in [1.165, 1.54) is 70.6 Å². The fourth-order valence-electron chi connectivity index (χ4n) is 3.80. The van der Waals surface area contributed by atoms with Gasteiger partial charge in [0.1, 0.15) is 0 Å². The molecule has 0 aromatic heterocycles. The first kappa shape index (κ1) is 27.8. The van der Waals surface area contributed by atoms with Crippen molar-refractivity contribution in [3.05, 3.63) is 0 Å². The van der Waals surface area contributed by atoms with Gasteiger partial charge in [0.05, 0.1) is 6.10 Å². The average molecular weight is 402 g/mol. The lowest BCUT2D eigenvalue weighted by molar-refractivity contribution is 0.0987. The minimum absolute atomic E-state index is 0.242. The summed E-state index contributed by atoms with van der Waals surface area (Å²) in [6.07, 6.45) is 20.4. The quantitative estimate of drug-likeness (QED) is 0.204. The molecule has 0 rings (SSSR count). The minimum atomic E-state index is -0.244. The lowest BCUT2D eigenvalue weighted by Crippen LogP contribution is -2.34. The van der Waals surface area contributed by atoms with Crippen LogP contribution < -0.4 is 0 Å². The molecule has 0 saturated heterocycles. The molecular weight excluding hydrogens is 350 g/mol. The molecule has 0 heterocycles. The highest BCUT2D eigenvalue weighted by Gasteiger charge is 2.11. The fraction of sp³-hybridized carbons (Fsp3) is 1.00. The molecule has 0 amide bonds. The van der Waals surface area contributed by atoms with Crippen LogP contribution in [0.5, 0.6) is 0 Å². The largest absolute Gasteiger partial charge is 0.396 e. The summed E-state index contributed by atoms with van der Waals surface area (Å²) in [6.45, 7) is 5.35. The van der Waals surface area contributed by atoms with Crippen LogP contribution >= 0.6 is 0 Å². The van der Waals surface area contributed by atoms with Gasteiger partial charge in [0.2, 0.25) is 0 Å². The van der Waals surface area contributed by atoms with Crippen LogP contribution in [0, 0.1) is 0 Å². The van der Waals surface area contributed by atoms with Crippen molar-refractivity contribution in [3.63, 3.8) is 0 Å². The van der Waals surface area contributed by atoms with Gasteiger partial charge in [0.25, 0.3) is 0 Å². The second-order valence-electron chi connectivity index (χ2n) is 8.49. The number of rotatable bonds is 23. The molecular formula is C24H51NO3. The van der Waals surface area contributed by atoms with Crippen LogP contribution in [0.15, 0.2) is 0 Å². The number of nitrogens with zero attached hydrogens (tertiary/aromatic N) is 1. The molecule has 4 heteroatoms. The molecule has 0 spiro atoms. The minimum Gasteiger partial charge on any atom is -0.396 e. The van der Waals surface area contributed by atoms with Crippen molar-refractivity contribution in [1.82, 2.24) is 4.90 Å². The standard InChI is InChI=1S/C24H51NO3/c1-2-3-4-5-6-7-8-9-10-11-12-13-18-24(28)23-25(19-14-16-21-26)20-15-17-22-27/h24,26-28H,2-23H2,1H3. The van der Waals surface area contributed by atoms with Crippen molar-refractivity contribution in [2.24, 2.45) is 0 Å². The van der Waals surface area contributed by atoms with Crippen molar-refractivity contribution in [2.45, 2.75) is 122 Å². The predicted octanol–water partition coefficient (Wildman–Crippen LogP) is 5.29. The van der Waals surface area contributed by atoms with Crippen LogP contribution in [0.25, 0.3) is 0 Å². The Morgan fingerprint density at radius 1 is 0.571 bits per heavy atom. The molecule has 3 N–H and O–H groups in total. The number of aliphatic hydroxyl groups excluding tert-OH is 3. The predicted molar refractivity (Wildman–Crippen MR) is 121 cm³/mol. The van der Waals surface area contributed by atoms with Gasteiger partial charge in [-0.2, -0.15) is 0 Å².